The lowest BCUT2D eigenvalue weighted by molar-refractivity contribution is -0.671. The molecule has 5 N–H and O–H groups in total. The largest absolute Gasteiger partial charge is 0.491 e. The molecule has 21 heavy (non-hydrogen) atoms. The predicted molar refractivity (Wildman–Crippen MR) is 85.9 cm³/mol. The van der Waals surface area contributed by atoms with Crippen LogP contribution in [0.25, 0.3) is 0 Å². The average molecular weight is 317 g/mol. The first kappa shape index (κ1) is 18.2. The molecule has 0 saturated carbocycles. The Morgan fingerprint density at radius 2 is 1.90 bits per heavy atom. The maximum absolute atomic E-state index is 6.08. The van der Waals surface area contributed by atoms with E-state index in [1.54, 1.807) is 0 Å². The van der Waals surface area contributed by atoms with Gasteiger partial charge in [-0.1, -0.05) is 32.4 Å². The average Bonchev–Trinajstić information content (AvgIpc) is 2.42. The second kappa shape index (κ2) is 9.26. The Hall–Kier alpha value is -0.810. The van der Waals surface area contributed by atoms with Gasteiger partial charge in [0, 0.05) is 10.6 Å². The van der Waals surface area contributed by atoms with E-state index < -0.39 is 0 Å². The van der Waals surface area contributed by atoms with E-state index in [1.807, 2.05) is 18.2 Å². The van der Waals surface area contributed by atoms with Gasteiger partial charge in [0.25, 0.3) is 0 Å². The number of rotatable bonds is 9. The highest BCUT2D eigenvalue weighted by atomic mass is 35.5. The van der Waals surface area contributed by atoms with Crippen molar-refractivity contribution in [3.05, 3.63) is 28.8 Å². The van der Waals surface area contributed by atoms with Gasteiger partial charge < -0.3 is 20.5 Å². The summed E-state index contributed by atoms with van der Waals surface area (Å²) in [4.78, 5) is 0. The number of nitrogens with two attached hydrogens (primary N) is 1. The summed E-state index contributed by atoms with van der Waals surface area (Å²) in [5, 5.41) is 2.95. The van der Waals surface area contributed by atoms with Crippen LogP contribution in [-0.4, -0.2) is 39.5 Å². The van der Waals surface area contributed by atoms with Gasteiger partial charge in [0.05, 0.1) is 19.8 Å². The van der Waals surface area contributed by atoms with Crippen molar-refractivity contribution in [3.63, 3.8) is 0 Å². The Bertz CT molecular complexity index is 419. The number of hydrogen-bond donors (Lipinski definition) is 2. The van der Waals surface area contributed by atoms with Crippen molar-refractivity contribution in [2.24, 2.45) is 0 Å². The first-order chi connectivity index (χ1) is 9.95. The van der Waals surface area contributed by atoms with Crippen LogP contribution in [0.15, 0.2) is 18.2 Å². The summed E-state index contributed by atoms with van der Waals surface area (Å²) in [7, 11) is 0. The molecule has 0 heterocycles. The van der Waals surface area contributed by atoms with Crippen molar-refractivity contribution in [1.82, 2.24) is 0 Å². The summed E-state index contributed by atoms with van der Waals surface area (Å²) in [5.74, 6) is 0.888. The van der Waals surface area contributed by atoms with Crippen LogP contribution in [0.4, 0.5) is 0 Å². The van der Waals surface area contributed by atoms with E-state index in [-0.39, 0.29) is 5.41 Å². The highest BCUT2D eigenvalue weighted by Gasteiger charge is 2.19. The van der Waals surface area contributed by atoms with Gasteiger partial charge in [-0.3, -0.25) is 0 Å². The van der Waals surface area contributed by atoms with E-state index in [1.165, 1.54) is 0 Å². The van der Waals surface area contributed by atoms with Crippen LogP contribution in [-0.2, 0) is 10.2 Å². The van der Waals surface area contributed by atoms with Crippen molar-refractivity contribution in [3.8, 4) is 5.75 Å². The molecule has 0 aromatic heterocycles. The van der Waals surface area contributed by atoms with Crippen molar-refractivity contribution < 1.29 is 20.5 Å². The van der Waals surface area contributed by atoms with Crippen LogP contribution in [0.3, 0.4) is 0 Å². The minimum Gasteiger partial charge on any atom is -0.491 e. The minimum absolute atomic E-state index is 0.00420. The molecule has 4 nitrogen and oxygen atoms in total. The summed E-state index contributed by atoms with van der Waals surface area (Å²) in [5.41, 5.74) is 4.93. The van der Waals surface area contributed by atoms with E-state index in [0.717, 1.165) is 42.6 Å². The van der Waals surface area contributed by atoms with E-state index in [4.69, 9.17) is 21.1 Å². The summed E-state index contributed by atoms with van der Waals surface area (Å²) in [6, 6.07) is 5.77. The molecule has 1 aromatic rings. The fourth-order valence-corrected chi connectivity index (χ4v) is 2.15. The summed E-state index contributed by atoms with van der Waals surface area (Å²) in [6.45, 7) is 11.3. The molecule has 0 fully saturated rings. The molecule has 0 aliphatic carbocycles. The van der Waals surface area contributed by atoms with Gasteiger partial charge in [-0.15, -0.1) is 0 Å². The summed E-state index contributed by atoms with van der Waals surface area (Å²) < 4.78 is 11.4. The minimum atomic E-state index is 0.00420. The molecule has 1 aromatic carbocycles. The molecule has 0 bridgehead atoms. The Balaban J connectivity index is 2.35. The molecule has 0 aliphatic heterocycles. The Labute approximate surface area is 133 Å². The van der Waals surface area contributed by atoms with Gasteiger partial charge in [0.1, 0.15) is 25.4 Å². The number of hydrogen-bond acceptors (Lipinski definition) is 2. The number of halogens is 1. The molecule has 0 unspecified atom stereocenters. The van der Waals surface area contributed by atoms with Crippen molar-refractivity contribution >= 4 is 11.6 Å². The van der Waals surface area contributed by atoms with E-state index in [9.17, 15) is 0 Å². The van der Waals surface area contributed by atoms with Gasteiger partial charge in [-0.2, -0.15) is 0 Å². The van der Waals surface area contributed by atoms with Gasteiger partial charge in [-0.05, 0) is 23.6 Å². The van der Waals surface area contributed by atoms with Crippen LogP contribution in [0.1, 0.15) is 26.3 Å². The van der Waals surface area contributed by atoms with Gasteiger partial charge >= 0.3 is 0 Å². The Morgan fingerprint density at radius 1 is 1.14 bits per heavy atom. The van der Waals surface area contributed by atoms with Crippen molar-refractivity contribution in [2.45, 2.75) is 26.2 Å². The molecule has 0 atom stereocenters. The normalized spacial score (nSPS) is 11.7. The number of quaternary nitrogens is 2. The highest BCUT2D eigenvalue weighted by molar-refractivity contribution is 6.30. The van der Waals surface area contributed by atoms with Gasteiger partial charge in [-0.25, -0.2) is 0 Å². The predicted octanol–water partition coefficient (Wildman–Crippen LogP) is 0.838. The van der Waals surface area contributed by atoms with Crippen LogP contribution in [0.5, 0.6) is 5.75 Å². The summed E-state index contributed by atoms with van der Waals surface area (Å²) in [6.07, 6.45) is 0. The summed E-state index contributed by atoms with van der Waals surface area (Å²) >= 11 is 6.08. The van der Waals surface area contributed by atoms with Crippen molar-refractivity contribution in [2.75, 3.05) is 39.5 Å². The zero-order chi connectivity index (χ0) is 15.7. The Morgan fingerprint density at radius 3 is 2.57 bits per heavy atom. The molecular formula is C16H29ClN2O2+2. The van der Waals surface area contributed by atoms with Crippen LogP contribution in [0.2, 0.25) is 5.02 Å². The lowest BCUT2D eigenvalue weighted by Crippen LogP contribution is -2.88. The van der Waals surface area contributed by atoms with E-state index >= 15 is 0 Å². The zero-order valence-electron chi connectivity index (χ0n) is 13.5. The fourth-order valence-electron chi connectivity index (χ4n) is 1.98. The molecule has 0 aliphatic rings. The maximum atomic E-state index is 6.08. The van der Waals surface area contributed by atoms with Gasteiger partial charge in [0.2, 0.25) is 0 Å². The molecule has 5 heteroatoms. The topological polar surface area (TPSA) is 62.7 Å². The molecular weight excluding hydrogens is 288 g/mol. The third-order valence-corrected chi connectivity index (χ3v) is 3.34. The standard InChI is InChI=1S/C16H27ClN2O2/c1-16(2,3)14-12-13(17)4-5-15(14)21-11-10-20-9-8-19-7-6-18/h4-5,12,19H,6-11,18H2,1-3H3/p+2. The smallest absolute Gasteiger partial charge is 0.125 e. The third kappa shape index (κ3) is 7.14. The highest BCUT2D eigenvalue weighted by Crippen LogP contribution is 2.33. The first-order valence-corrected chi connectivity index (χ1v) is 7.94. The second-order valence-electron chi connectivity index (χ2n) is 6.07. The molecule has 0 saturated heterocycles. The maximum Gasteiger partial charge on any atom is 0.125 e. The monoisotopic (exact) mass is 316 g/mol. The van der Waals surface area contributed by atoms with Crippen LogP contribution < -0.4 is 15.8 Å². The lowest BCUT2D eigenvalue weighted by Gasteiger charge is -2.23. The molecule has 0 spiro atoms. The second-order valence-corrected chi connectivity index (χ2v) is 6.51. The van der Waals surface area contributed by atoms with Gasteiger partial charge in [0.15, 0.2) is 0 Å². The zero-order valence-corrected chi connectivity index (χ0v) is 14.2. The molecule has 120 valence electrons. The van der Waals surface area contributed by atoms with Crippen LogP contribution >= 0.6 is 11.6 Å². The fraction of sp³-hybridized carbons (Fsp3) is 0.625. The first-order valence-electron chi connectivity index (χ1n) is 7.56. The van der Waals surface area contributed by atoms with Crippen LogP contribution in [0, 0.1) is 0 Å². The van der Waals surface area contributed by atoms with E-state index in [2.05, 4.69) is 31.8 Å². The van der Waals surface area contributed by atoms with Crippen molar-refractivity contribution in [1.29, 1.82) is 0 Å². The molecule has 0 radical (unpaired) electrons. The Kier molecular flexibility index (Phi) is 8.04. The SMILES string of the molecule is CC(C)(C)c1cc(Cl)ccc1OCCOCC[NH2+]CC[NH3+]. The van der Waals surface area contributed by atoms with E-state index in [0.29, 0.717) is 13.2 Å². The lowest BCUT2D eigenvalue weighted by atomic mass is 9.86. The number of benzene rings is 1. The number of ether oxygens (including phenoxy) is 2. The quantitative estimate of drug-likeness (QED) is 0.663. The molecule has 0 amide bonds. The molecule has 1 rings (SSSR count). The third-order valence-electron chi connectivity index (χ3n) is 3.11.